The largest absolute Gasteiger partial charge is 0.324 e. The molecule has 2 aromatic rings. The number of fused-ring (bicyclic) bond motifs is 1. The summed E-state index contributed by atoms with van der Waals surface area (Å²) in [5.41, 5.74) is 9.24. The summed E-state index contributed by atoms with van der Waals surface area (Å²) in [4.78, 5) is 0. The highest BCUT2D eigenvalue weighted by atomic mass is 35.5. The van der Waals surface area contributed by atoms with Crippen LogP contribution in [0.1, 0.15) is 22.7 Å². The molecule has 0 heterocycles. The summed E-state index contributed by atoms with van der Waals surface area (Å²) in [6, 6.07) is 9.86. The van der Waals surface area contributed by atoms with Crippen LogP contribution in [0, 0.1) is 17.6 Å². The summed E-state index contributed by atoms with van der Waals surface area (Å²) >= 11 is 6.00. The second-order valence-corrected chi connectivity index (χ2v) is 5.66. The molecule has 1 aliphatic rings. The van der Waals surface area contributed by atoms with E-state index in [0.29, 0.717) is 5.56 Å². The highest BCUT2D eigenvalue weighted by molar-refractivity contribution is 6.31. The molecule has 0 fully saturated rings. The summed E-state index contributed by atoms with van der Waals surface area (Å²) in [5, 5.41) is 0.187. The Labute approximate surface area is 121 Å². The number of benzene rings is 2. The van der Waals surface area contributed by atoms with Crippen molar-refractivity contribution in [2.75, 3.05) is 0 Å². The Hall–Kier alpha value is -1.45. The molecule has 0 saturated heterocycles. The minimum absolute atomic E-state index is 0.162. The van der Waals surface area contributed by atoms with Gasteiger partial charge in [0, 0.05) is 11.1 Å². The highest BCUT2D eigenvalue weighted by Gasteiger charge is 2.29. The van der Waals surface area contributed by atoms with E-state index in [9.17, 15) is 8.78 Å². The van der Waals surface area contributed by atoms with E-state index in [4.69, 9.17) is 17.3 Å². The number of halogens is 3. The van der Waals surface area contributed by atoms with Gasteiger partial charge in [-0.2, -0.15) is 0 Å². The van der Waals surface area contributed by atoms with Gasteiger partial charge in [-0.05, 0) is 47.6 Å². The van der Waals surface area contributed by atoms with Crippen LogP contribution in [0.3, 0.4) is 0 Å². The van der Waals surface area contributed by atoms with Gasteiger partial charge >= 0.3 is 0 Å². The van der Waals surface area contributed by atoms with Crippen LogP contribution < -0.4 is 5.73 Å². The van der Waals surface area contributed by atoms with Gasteiger partial charge in [-0.25, -0.2) is 8.78 Å². The lowest BCUT2D eigenvalue weighted by molar-refractivity contribution is 0.447. The molecule has 0 saturated carbocycles. The number of hydrogen-bond acceptors (Lipinski definition) is 1. The normalized spacial score (nSPS) is 16.2. The van der Waals surface area contributed by atoms with Crippen molar-refractivity contribution in [3.8, 4) is 0 Å². The van der Waals surface area contributed by atoms with Gasteiger partial charge in [0.25, 0.3) is 0 Å². The molecular weight excluding hydrogens is 280 g/mol. The minimum Gasteiger partial charge on any atom is -0.324 e. The summed E-state index contributed by atoms with van der Waals surface area (Å²) < 4.78 is 26.5. The molecule has 3 rings (SSSR count). The van der Waals surface area contributed by atoms with E-state index < -0.39 is 17.7 Å². The van der Waals surface area contributed by atoms with Gasteiger partial charge in [0.15, 0.2) is 11.6 Å². The van der Waals surface area contributed by atoms with Gasteiger partial charge in [0.1, 0.15) is 0 Å². The predicted octanol–water partition coefficient (Wildman–Crippen LogP) is 4.03. The van der Waals surface area contributed by atoms with Crippen molar-refractivity contribution < 1.29 is 8.78 Å². The first-order chi connectivity index (χ1) is 9.56. The topological polar surface area (TPSA) is 26.0 Å². The van der Waals surface area contributed by atoms with Crippen molar-refractivity contribution in [1.29, 1.82) is 0 Å². The summed E-state index contributed by atoms with van der Waals surface area (Å²) in [7, 11) is 0. The summed E-state index contributed by atoms with van der Waals surface area (Å²) in [6.45, 7) is 0. The highest BCUT2D eigenvalue weighted by Crippen LogP contribution is 2.36. The van der Waals surface area contributed by atoms with E-state index in [2.05, 4.69) is 12.1 Å². The Bertz CT molecular complexity index is 632. The van der Waals surface area contributed by atoms with E-state index in [0.717, 1.165) is 25.0 Å². The molecule has 1 atom stereocenters. The number of rotatable bonds is 2. The third-order valence-electron chi connectivity index (χ3n) is 3.99. The van der Waals surface area contributed by atoms with Crippen LogP contribution in [0.4, 0.5) is 8.78 Å². The first-order valence-corrected chi connectivity index (χ1v) is 6.91. The molecule has 0 aromatic heterocycles. The molecule has 2 N–H and O–H groups in total. The first-order valence-electron chi connectivity index (χ1n) is 6.53. The van der Waals surface area contributed by atoms with E-state index in [1.54, 1.807) is 0 Å². The smallest absolute Gasteiger partial charge is 0.160 e. The first kappa shape index (κ1) is 13.5. The molecule has 1 nitrogen and oxygen atoms in total. The van der Waals surface area contributed by atoms with Gasteiger partial charge < -0.3 is 5.73 Å². The minimum atomic E-state index is -0.944. The Morgan fingerprint density at radius 2 is 1.60 bits per heavy atom. The van der Waals surface area contributed by atoms with E-state index in [1.165, 1.54) is 11.1 Å². The fraction of sp³-hybridized carbons (Fsp3) is 0.250. The maximum Gasteiger partial charge on any atom is 0.160 e. The van der Waals surface area contributed by atoms with E-state index in [1.807, 2.05) is 12.1 Å². The van der Waals surface area contributed by atoms with E-state index in [-0.39, 0.29) is 10.9 Å². The summed E-state index contributed by atoms with van der Waals surface area (Å²) in [5.74, 6) is -1.69. The molecule has 0 bridgehead atoms. The Kier molecular flexibility index (Phi) is 3.48. The van der Waals surface area contributed by atoms with Crippen LogP contribution >= 0.6 is 11.6 Å². The second-order valence-electron chi connectivity index (χ2n) is 5.25. The fourth-order valence-electron chi connectivity index (χ4n) is 2.89. The van der Waals surface area contributed by atoms with Crippen molar-refractivity contribution in [3.63, 3.8) is 0 Å². The van der Waals surface area contributed by atoms with Gasteiger partial charge in [-0.15, -0.1) is 0 Å². The van der Waals surface area contributed by atoms with Crippen molar-refractivity contribution in [2.45, 2.75) is 18.9 Å². The molecule has 20 heavy (non-hydrogen) atoms. The fourth-order valence-corrected chi connectivity index (χ4v) is 3.17. The number of hydrogen-bond donors (Lipinski definition) is 1. The monoisotopic (exact) mass is 293 g/mol. The standard InChI is InChI=1S/C16H14ClF2N/c17-13-8-15(19)14(18)7-12(13)16(20)11-5-9-3-1-2-4-10(9)6-11/h1-4,7-8,11,16H,5-6,20H2. The average Bonchev–Trinajstić information content (AvgIpc) is 2.86. The van der Waals surface area contributed by atoms with Crippen LogP contribution in [-0.4, -0.2) is 0 Å². The quantitative estimate of drug-likeness (QED) is 0.831. The van der Waals surface area contributed by atoms with Crippen molar-refractivity contribution in [2.24, 2.45) is 11.7 Å². The van der Waals surface area contributed by atoms with Crippen LogP contribution in [0.15, 0.2) is 36.4 Å². The van der Waals surface area contributed by atoms with Crippen LogP contribution in [0.2, 0.25) is 5.02 Å². The Balaban J connectivity index is 1.88. The molecule has 1 aliphatic carbocycles. The lowest BCUT2D eigenvalue weighted by atomic mass is 9.91. The van der Waals surface area contributed by atoms with Gasteiger partial charge in [-0.3, -0.25) is 0 Å². The molecule has 1 unspecified atom stereocenters. The average molecular weight is 294 g/mol. The maximum absolute atomic E-state index is 13.4. The molecule has 4 heteroatoms. The van der Waals surface area contributed by atoms with Crippen molar-refractivity contribution in [3.05, 3.63) is 69.7 Å². The lowest BCUT2D eigenvalue weighted by Gasteiger charge is -2.20. The predicted molar refractivity (Wildman–Crippen MR) is 75.6 cm³/mol. The summed E-state index contributed by atoms with van der Waals surface area (Å²) in [6.07, 6.45) is 1.68. The van der Waals surface area contributed by atoms with Crippen LogP contribution in [0.5, 0.6) is 0 Å². The molecule has 0 aliphatic heterocycles. The molecule has 2 aromatic carbocycles. The van der Waals surface area contributed by atoms with Gasteiger partial charge in [0.2, 0.25) is 0 Å². The second kappa shape index (κ2) is 5.15. The van der Waals surface area contributed by atoms with Crippen molar-refractivity contribution in [1.82, 2.24) is 0 Å². The third kappa shape index (κ3) is 2.32. The van der Waals surface area contributed by atoms with Gasteiger partial charge in [0.05, 0.1) is 0 Å². The molecular formula is C16H14ClF2N. The molecule has 104 valence electrons. The number of nitrogens with two attached hydrogens (primary N) is 1. The molecule has 0 radical (unpaired) electrons. The zero-order valence-electron chi connectivity index (χ0n) is 10.7. The zero-order chi connectivity index (χ0) is 14.3. The molecule has 0 spiro atoms. The Morgan fingerprint density at radius 1 is 1.05 bits per heavy atom. The molecule has 0 amide bonds. The van der Waals surface area contributed by atoms with Crippen molar-refractivity contribution >= 4 is 11.6 Å². The Morgan fingerprint density at radius 3 is 2.20 bits per heavy atom. The van der Waals surface area contributed by atoms with Crippen LogP contribution in [-0.2, 0) is 12.8 Å². The third-order valence-corrected chi connectivity index (χ3v) is 4.32. The lowest BCUT2D eigenvalue weighted by Crippen LogP contribution is -2.22. The van der Waals surface area contributed by atoms with Gasteiger partial charge in [-0.1, -0.05) is 35.9 Å². The van der Waals surface area contributed by atoms with Crippen LogP contribution in [0.25, 0.3) is 0 Å². The maximum atomic E-state index is 13.4. The SMILES string of the molecule is NC(c1cc(F)c(F)cc1Cl)C1Cc2ccccc2C1. The van der Waals surface area contributed by atoms with E-state index >= 15 is 0 Å². The zero-order valence-corrected chi connectivity index (χ0v) is 11.5.